The van der Waals surface area contributed by atoms with Gasteiger partial charge in [-0.25, -0.2) is 13.8 Å². The maximum absolute atomic E-state index is 14.6. The van der Waals surface area contributed by atoms with Gasteiger partial charge in [0, 0.05) is 31.2 Å². The largest absolute Gasteiger partial charge is 0.492 e. The predicted molar refractivity (Wildman–Crippen MR) is 127 cm³/mol. The molecule has 2 aromatic heterocycles. The summed E-state index contributed by atoms with van der Waals surface area (Å²) in [7, 11) is 0. The van der Waals surface area contributed by atoms with Crippen LogP contribution in [0.25, 0.3) is 11.2 Å². The molecule has 11 nitrogen and oxygen atoms in total. The van der Waals surface area contributed by atoms with E-state index in [1.807, 2.05) is 0 Å². The minimum absolute atomic E-state index is 0.00206. The molecule has 0 spiro atoms. The van der Waals surface area contributed by atoms with Crippen LogP contribution in [-0.2, 0) is 20.8 Å². The lowest BCUT2D eigenvalue weighted by Gasteiger charge is -2.15. The maximum Gasteiger partial charge on any atom is 0.296 e. The molecule has 4 N–H and O–H groups in total. The second-order valence-corrected chi connectivity index (χ2v) is 9.01. The Hall–Kier alpha value is -3.26. The average molecular weight is 540 g/mol. The van der Waals surface area contributed by atoms with Crippen molar-refractivity contribution in [3.8, 4) is 11.8 Å². The van der Waals surface area contributed by atoms with Crippen molar-refractivity contribution in [2.24, 2.45) is 0 Å². The summed E-state index contributed by atoms with van der Waals surface area (Å²) in [6.45, 7) is 1.81. The molecule has 2 saturated heterocycles. The molecule has 2 fully saturated rings. The molecule has 198 valence electrons. The second-order valence-electron chi connectivity index (χ2n) is 8.60. The standard InChI is InChI=1S/C23H24ClF2N5O6/c1-10(32)27-2-3-34-11-4-14(25)12(15(26)5-11)7-28-21-13(24)6-16-22(30-21)31-23(29-16)37-18-9-36-19-17(33)8-35-20(18)19/h4-6,17-20,33H,2-3,7-9H2,1H3,(H,27,32)(H2,28,29,30,31)/t17-,18-,19?,20-/m1/s1. The number of ether oxygens (including phenoxy) is 4. The van der Waals surface area contributed by atoms with E-state index in [4.69, 9.17) is 30.5 Å². The van der Waals surface area contributed by atoms with Crippen LogP contribution in [0.4, 0.5) is 14.6 Å². The first kappa shape index (κ1) is 25.4. The molecule has 2 aliphatic heterocycles. The van der Waals surface area contributed by atoms with Gasteiger partial charge >= 0.3 is 0 Å². The van der Waals surface area contributed by atoms with E-state index in [-0.39, 0.29) is 72.6 Å². The van der Waals surface area contributed by atoms with Gasteiger partial charge in [0.1, 0.15) is 48.1 Å². The number of H-pyrrole nitrogens is 1. The second kappa shape index (κ2) is 10.6. The fourth-order valence-corrected chi connectivity index (χ4v) is 4.38. The van der Waals surface area contributed by atoms with E-state index in [0.717, 1.165) is 12.1 Å². The summed E-state index contributed by atoms with van der Waals surface area (Å²) in [5.74, 6) is -1.68. The summed E-state index contributed by atoms with van der Waals surface area (Å²) in [4.78, 5) is 22.5. The van der Waals surface area contributed by atoms with Crippen molar-refractivity contribution >= 4 is 34.5 Å². The van der Waals surface area contributed by atoms with Gasteiger partial charge in [-0.2, -0.15) is 4.98 Å². The van der Waals surface area contributed by atoms with Crippen molar-refractivity contribution in [1.82, 2.24) is 20.3 Å². The van der Waals surface area contributed by atoms with E-state index in [1.165, 1.54) is 6.92 Å². The molecule has 4 atom stereocenters. The lowest BCUT2D eigenvalue weighted by molar-refractivity contribution is -0.119. The van der Waals surface area contributed by atoms with E-state index in [2.05, 4.69) is 25.6 Å². The fraction of sp³-hybridized carbons (Fsp3) is 0.435. The third-order valence-electron chi connectivity index (χ3n) is 5.94. The van der Waals surface area contributed by atoms with Crippen molar-refractivity contribution in [1.29, 1.82) is 0 Å². The highest BCUT2D eigenvalue weighted by atomic mass is 35.5. The Morgan fingerprint density at radius 3 is 2.73 bits per heavy atom. The molecule has 0 saturated carbocycles. The predicted octanol–water partition coefficient (Wildman–Crippen LogP) is 1.92. The van der Waals surface area contributed by atoms with Crippen LogP contribution in [0.1, 0.15) is 12.5 Å². The Morgan fingerprint density at radius 1 is 1.22 bits per heavy atom. The van der Waals surface area contributed by atoms with Crippen molar-refractivity contribution in [3.05, 3.63) is 40.4 Å². The number of hydrogen-bond donors (Lipinski definition) is 4. The van der Waals surface area contributed by atoms with Gasteiger partial charge in [0.25, 0.3) is 6.01 Å². The molecule has 4 heterocycles. The van der Waals surface area contributed by atoms with E-state index >= 15 is 0 Å². The minimum Gasteiger partial charge on any atom is -0.492 e. The van der Waals surface area contributed by atoms with Crippen molar-refractivity contribution in [2.45, 2.75) is 37.9 Å². The number of aromatic nitrogens is 3. The number of aliphatic hydroxyl groups excluding tert-OH is 1. The molecule has 3 aromatic rings. The first-order valence-corrected chi connectivity index (χ1v) is 11.9. The molecule has 5 rings (SSSR count). The Bertz CT molecular complexity index is 1290. The number of carbonyl (C=O) groups is 1. The first-order chi connectivity index (χ1) is 17.8. The topological polar surface area (TPSA) is 140 Å². The molecule has 14 heteroatoms. The van der Waals surface area contributed by atoms with E-state index in [0.29, 0.717) is 5.52 Å². The van der Waals surface area contributed by atoms with Gasteiger partial charge < -0.3 is 39.7 Å². The molecule has 0 radical (unpaired) electrons. The molecule has 1 unspecified atom stereocenters. The van der Waals surface area contributed by atoms with Gasteiger partial charge in [0.2, 0.25) is 5.91 Å². The van der Waals surface area contributed by atoms with Crippen LogP contribution < -0.4 is 20.1 Å². The highest BCUT2D eigenvalue weighted by Gasteiger charge is 2.48. The Kier molecular flexibility index (Phi) is 7.29. The van der Waals surface area contributed by atoms with Gasteiger partial charge in [0.15, 0.2) is 11.8 Å². The Labute approximate surface area is 214 Å². The number of rotatable bonds is 9. The highest BCUT2D eigenvalue weighted by molar-refractivity contribution is 6.33. The summed E-state index contributed by atoms with van der Waals surface area (Å²) in [5, 5.41) is 15.4. The van der Waals surface area contributed by atoms with Gasteiger partial charge in [-0.15, -0.1) is 0 Å². The minimum atomic E-state index is -0.814. The third-order valence-corrected chi connectivity index (χ3v) is 6.23. The van der Waals surface area contributed by atoms with E-state index < -0.39 is 36.1 Å². The lowest BCUT2D eigenvalue weighted by Crippen LogP contribution is -2.34. The Balaban J connectivity index is 1.23. The van der Waals surface area contributed by atoms with Crippen molar-refractivity contribution in [3.63, 3.8) is 0 Å². The van der Waals surface area contributed by atoms with Crippen LogP contribution in [-0.4, -0.2) is 76.7 Å². The van der Waals surface area contributed by atoms with E-state index in [9.17, 15) is 18.7 Å². The van der Waals surface area contributed by atoms with Crippen LogP contribution >= 0.6 is 11.6 Å². The molecule has 0 aliphatic carbocycles. The number of imidazole rings is 1. The number of nitrogens with zero attached hydrogens (tertiary/aromatic N) is 2. The first-order valence-electron chi connectivity index (χ1n) is 11.5. The molecule has 1 amide bonds. The number of benzene rings is 1. The molecular formula is C23H24ClF2N5O6. The quantitative estimate of drug-likeness (QED) is 0.300. The van der Waals surface area contributed by atoms with Gasteiger partial charge in [-0.05, 0) is 6.07 Å². The normalized spacial score (nSPS) is 22.7. The Morgan fingerprint density at radius 2 is 1.97 bits per heavy atom. The van der Waals surface area contributed by atoms with E-state index in [1.54, 1.807) is 6.07 Å². The SMILES string of the molecule is CC(=O)NCCOc1cc(F)c(CNc2nc3nc(O[C@@H]4COC5[C@H](O)CO[C@@H]54)[nH]c3cc2Cl)c(F)c1. The van der Waals surface area contributed by atoms with Crippen molar-refractivity contribution in [2.75, 3.05) is 31.7 Å². The zero-order valence-corrected chi connectivity index (χ0v) is 20.3. The third kappa shape index (κ3) is 5.54. The molecular weight excluding hydrogens is 516 g/mol. The average Bonchev–Trinajstić information content (AvgIpc) is 3.53. The number of hydrogen-bond acceptors (Lipinski definition) is 9. The lowest BCUT2D eigenvalue weighted by atomic mass is 10.1. The molecule has 2 aliphatic rings. The van der Waals surface area contributed by atoms with Crippen LogP contribution in [0.3, 0.4) is 0 Å². The number of pyridine rings is 1. The smallest absolute Gasteiger partial charge is 0.296 e. The molecule has 0 bridgehead atoms. The number of halogens is 3. The van der Waals surface area contributed by atoms with Gasteiger partial charge in [-0.1, -0.05) is 11.6 Å². The maximum atomic E-state index is 14.6. The number of nitrogens with one attached hydrogen (secondary N) is 3. The highest BCUT2D eigenvalue weighted by Crippen LogP contribution is 2.31. The zero-order valence-electron chi connectivity index (χ0n) is 19.6. The number of carbonyl (C=O) groups excluding carboxylic acids is 1. The number of aromatic amines is 1. The van der Waals surface area contributed by atoms with Crippen LogP contribution in [0.2, 0.25) is 5.02 Å². The zero-order chi connectivity index (χ0) is 26.1. The van der Waals surface area contributed by atoms with Crippen LogP contribution in [0.15, 0.2) is 18.2 Å². The van der Waals surface area contributed by atoms with Crippen LogP contribution in [0, 0.1) is 11.6 Å². The van der Waals surface area contributed by atoms with Crippen LogP contribution in [0.5, 0.6) is 11.8 Å². The summed E-state index contributed by atoms with van der Waals surface area (Å²) in [6, 6.07) is 3.86. The number of aliphatic hydroxyl groups is 1. The van der Waals surface area contributed by atoms with Gasteiger partial charge in [0.05, 0.1) is 30.3 Å². The summed E-state index contributed by atoms with van der Waals surface area (Å²) in [6.07, 6.45) is -2.01. The summed E-state index contributed by atoms with van der Waals surface area (Å²) in [5.41, 5.74) is 0.535. The monoisotopic (exact) mass is 539 g/mol. The summed E-state index contributed by atoms with van der Waals surface area (Å²) < 4.78 is 51.4. The fourth-order valence-electron chi connectivity index (χ4n) is 4.16. The summed E-state index contributed by atoms with van der Waals surface area (Å²) >= 11 is 6.32. The van der Waals surface area contributed by atoms with Gasteiger partial charge in [-0.3, -0.25) is 4.79 Å². The number of amides is 1. The molecule has 1 aromatic carbocycles. The van der Waals surface area contributed by atoms with Crippen molar-refractivity contribution < 1.29 is 37.6 Å². The molecule has 37 heavy (non-hydrogen) atoms. The number of fused-ring (bicyclic) bond motifs is 2. The number of anilines is 1.